The topological polar surface area (TPSA) is 59.6 Å². The third-order valence-corrected chi connectivity index (χ3v) is 4.45. The Hall–Kier alpha value is -3.13. The number of urea groups is 1. The molecular formula is C22H26N2O3. The summed E-state index contributed by atoms with van der Waals surface area (Å²) in [6, 6.07) is 11.3. The summed E-state index contributed by atoms with van der Waals surface area (Å²) in [5.41, 5.74) is 4.40. The summed E-state index contributed by atoms with van der Waals surface area (Å²) in [7, 11) is 1.57. The lowest BCUT2D eigenvalue weighted by Crippen LogP contribution is -2.36. The molecule has 0 aliphatic heterocycles. The number of rotatable bonds is 7. The number of carbonyl (C=O) groups is 1. The zero-order valence-electron chi connectivity index (χ0n) is 16.3. The van der Waals surface area contributed by atoms with Gasteiger partial charge in [0.1, 0.15) is 6.61 Å². The van der Waals surface area contributed by atoms with Crippen LogP contribution in [-0.4, -0.2) is 19.7 Å². The first-order valence-electron chi connectivity index (χ1n) is 8.80. The molecule has 5 nitrogen and oxygen atoms in total. The Kier molecular flexibility index (Phi) is 7.13. The van der Waals surface area contributed by atoms with Crippen LogP contribution in [-0.2, 0) is 6.54 Å². The molecule has 0 fully saturated rings. The van der Waals surface area contributed by atoms with Gasteiger partial charge < -0.3 is 20.1 Å². The highest BCUT2D eigenvalue weighted by atomic mass is 16.5. The maximum absolute atomic E-state index is 12.3. The molecule has 2 aromatic rings. The number of aryl methyl sites for hydroxylation is 1. The van der Waals surface area contributed by atoms with Crippen LogP contribution in [0, 0.1) is 26.2 Å². The van der Waals surface area contributed by atoms with E-state index in [1.165, 1.54) is 11.1 Å². The molecule has 0 saturated heterocycles. The third kappa shape index (κ3) is 5.42. The second-order valence-corrected chi connectivity index (χ2v) is 6.32. The van der Waals surface area contributed by atoms with E-state index in [-0.39, 0.29) is 18.7 Å². The highest BCUT2D eigenvalue weighted by Crippen LogP contribution is 2.28. The highest BCUT2D eigenvalue weighted by Gasteiger charge is 2.13. The van der Waals surface area contributed by atoms with Crippen LogP contribution in [0.2, 0.25) is 0 Å². The summed E-state index contributed by atoms with van der Waals surface area (Å²) >= 11 is 0. The van der Waals surface area contributed by atoms with Crippen LogP contribution in [0.25, 0.3) is 0 Å². The van der Waals surface area contributed by atoms with E-state index in [1.54, 1.807) is 13.2 Å². The van der Waals surface area contributed by atoms with E-state index in [1.807, 2.05) is 31.2 Å². The number of methoxy groups -OCH3 is 1. The standard InChI is InChI=1S/C22H26N2O3/c1-6-12-27-21-13-18(10-11-20(21)26-5)14-23-22(25)24-17(4)19-9-7-8-15(2)16(19)3/h1,7-11,13,17H,12,14H2,2-5H3,(H2,23,24,25). The van der Waals surface area contributed by atoms with E-state index >= 15 is 0 Å². The van der Waals surface area contributed by atoms with E-state index in [4.69, 9.17) is 15.9 Å². The fraction of sp³-hybridized carbons (Fsp3) is 0.318. The van der Waals surface area contributed by atoms with Crippen LogP contribution in [0.5, 0.6) is 11.5 Å². The molecule has 2 N–H and O–H groups in total. The van der Waals surface area contributed by atoms with Gasteiger partial charge in [-0.05, 0) is 55.2 Å². The Morgan fingerprint density at radius 3 is 2.70 bits per heavy atom. The predicted molar refractivity (Wildman–Crippen MR) is 107 cm³/mol. The van der Waals surface area contributed by atoms with E-state index in [9.17, 15) is 4.79 Å². The van der Waals surface area contributed by atoms with Gasteiger partial charge in [0.2, 0.25) is 0 Å². The molecule has 0 saturated carbocycles. The van der Waals surface area contributed by atoms with Crippen LogP contribution < -0.4 is 20.1 Å². The summed E-state index contributed by atoms with van der Waals surface area (Å²) in [5, 5.41) is 5.84. The minimum Gasteiger partial charge on any atom is -0.493 e. The quantitative estimate of drug-likeness (QED) is 0.731. The maximum Gasteiger partial charge on any atom is 0.315 e. The first kappa shape index (κ1) is 20.2. The summed E-state index contributed by atoms with van der Waals surface area (Å²) in [6.07, 6.45) is 5.24. The van der Waals surface area contributed by atoms with Gasteiger partial charge >= 0.3 is 6.03 Å². The molecule has 0 aliphatic carbocycles. The lowest BCUT2D eigenvalue weighted by molar-refractivity contribution is 0.237. The molecule has 5 heteroatoms. The molecule has 2 rings (SSSR count). The Morgan fingerprint density at radius 2 is 2.00 bits per heavy atom. The number of benzene rings is 2. The van der Waals surface area contributed by atoms with Gasteiger partial charge in [-0.25, -0.2) is 4.79 Å². The second-order valence-electron chi connectivity index (χ2n) is 6.32. The van der Waals surface area contributed by atoms with Crippen molar-refractivity contribution < 1.29 is 14.3 Å². The van der Waals surface area contributed by atoms with Crippen LogP contribution >= 0.6 is 0 Å². The Labute approximate surface area is 161 Å². The van der Waals surface area contributed by atoms with Crippen molar-refractivity contribution in [3.05, 3.63) is 58.7 Å². The Bertz CT molecular complexity index is 840. The number of amides is 2. The average Bonchev–Trinajstić information content (AvgIpc) is 2.66. The molecule has 1 unspecified atom stereocenters. The van der Waals surface area contributed by atoms with Crippen molar-refractivity contribution in [2.45, 2.75) is 33.4 Å². The van der Waals surface area contributed by atoms with Crippen molar-refractivity contribution in [2.75, 3.05) is 13.7 Å². The minimum absolute atomic E-state index is 0.0877. The number of carbonyl (C=O) groups excluding carboxylic acids is 1. The molecule has 0 spiro atoms. The highest BCUT2D eigenvalue weighted by molar-refractivity contribution is 5.74. The van der Waals surface area contributed by atoms with Crippen molar-refractivity contribution in [3.8, 4) is 23.8 Å². The fourth-order valence-corrected chi connectivity index (χ4v) is 2.81. The molecule has 0 aliphatic rings. The predicted octanol–water partition coefficient (Wildman–Crippen LogP) is 3.88. The summed E-state index contributed by atoms with van der Waals surface area (Å²) in [5.74, 6) is 3.58. The zero-order chi connectivity index (χ0) is 19.8. The van der Waals surface area contributed by atoms with Gasteiger partial charge in [-0.2, -0.15) is 0 Å². The zero-order valence-corrected chi connectivity index (χ0v) is 16.3. The largest absolute Gasteiger partial charge is 0.493 e. The molecule has 1 atom stereocenters. The summed E-state index contributed by atoms with van der Waals surface area (Å²) in [4.78, 5) is 12.3. The fourth-order valence-electron chi connectivity index (χ4n) is 2.81. The SMILES string of the molecule is C#CCOc1cc(CNC(=O)NC(C)c2cccc(C)c2C)ccc1OC. The first-order valence-corrected chi connectivity index (χ1v) is 8.80. The lowest BCUT2D eigenvalue weighted by atomic mass is 9.98. The Morgan fingerprint density at radius 1 is 1.22 bits per heavy atom. The van der Waals surface area contributed by atoms with Crippen LogP contribution in [0.4, 0.5) is 4.79 Å². The summed E-state index contributed by atoms with van der Waals surface area (Å²) < 4.78 is 10.7. The van der Waals surface area contributed by atoms with Gasteiger partial charge in [0.25, 0.3) is 0 Å². The average molecular weight is 366 g/mol. The van der Waals surface area contributed by atoms with Gasteiger partial charge in [0.05, 0.1) is 13.2 Å². The normalized spacial score (nSPS) is 11.2. The van der Waals surface area contributed by atoms with Crippen molar-refractivity contribution in [1.82, 2.24) is 10.6 Å². The molecule has 142 valence electrons. The van der Waals surface area contributed by atoms with Gasteiger partial charge in [0.15, 0.2) is 11.5 Å². The first-order chi connectivity index (χ1) is 13.0. The van der Waals surface area contributed by atoms with Crippen molar-refractivity contribution >= 4 is 6.03 Å². The van der Waals surface area contributed by atoms with Gasteiger partial charge in [0, 0.05) is 6.54 Å². The van der Waals surface area contributed by atoms with Crippen LogP contribution in [0.1, 0.15) is 35.2 Å². The van der Waals surface area contributed by atoms with E-state index in [2.05, 4.69) is 36.5 Å². The van der Waals surface area contributed by atoms with Gasteiger partial charge in [-0.1, -0.05) is 30.2 Å². The van der Waals surface area contributed by atoms with E-state index in [0.29, 0.717) is 18.0 Å². The van der Waals surface area contributed by atoms with Crippen molar-refractivity contribution in [2.24, 2.45) is 0 Å². The van der Waals surface area contributed by atoms with Crippen LogP contribution in [0.15, 0.2) is 36.4 Å². The molecule has 2 amide bonds. The van der Waals surface area contributed by atoms with Gasteiger partial charge in [-0.15, -0.1) is 6.42 Å². The van der Waals surface area contributed by atoms with Crippen molar-refractivity contribution in [3.63, 3.8) is 0 Å². The molecule has 27 heavy (non-hydrogen) atoms. The van der Waals surface area contributed by atoms with E-state index in [0.717, 1.165) is 11.1 Å². The molecular weight excluding hydrogens is 340 g/mol. The Balaban J connectivity index is 1.97. The molecule has 0 bridgehead atoms. The number of terminal acetylenes is 1. The molecule has 2 aromatic carbocycles. The maximum atomic E-state index is 12.3. The smallest absolute Gasteiger partial charge is 0.315 e. The summed E-state index contributed by atoms with van der Waals surface area (Å²) in [6.45, 7) is 6.62. The third-order valence-electron chi connectivity index (χ3n) is 4.45. The minimum atomic E-state index is -0.231. The lowest BCUT2D eigenvalue weighted by Gasteiger charge is -2.18. The molecule has 0 aromatic heterocycles. The number of nitrogens with one attached hydrogen (secondary N) is 2. The van der Waals surface area contributed by atoms with Crippen LogP contribution in [0.3, 0.4) is 0 Å². The molecule has 0 heterocycles. The molecule has 0 radical (unpaired) electrons. The number of hydrogen-bond acceptors (Lipinski definition) is 3. The number of ether oxygens (including phenoxy) is 2. The monoisotopic (exact) mass is 366 g/mol. The van der Waals surface area contributed by atoms with Gasteiger partial charge in [-0.3, -0.25) is 0 Å². The number of hydrogen-bond donors (Lipinski definition) is 2. The second kappa shape index (κ2) is 9.54. The van der Waals surface area contributed by atoms with Crippen molar-refractivity contribution in [1.29, 1.82) is 0 Å². The van der Waals surface area contributed by atoms with E-state index < -0.39 is 0 Å².